The van der Waals surface area contributed by atoms with E-state index in [2.05, 4.69) is 6.58 Å². The molecular weight excluding hydrogens is 128 g/mol. The zero-order chi connectivity index (χ0) is 7.14. The molecule has 0 amide bonds. The maximum atomic E-state index is 11.0. The third-order valence-electron chi connectivity index (χ3n) is 2.46. The monoisotopic (exact) mass is 138 g/mol. The van der Waals surface area contributed by atoms with E-state index in [1.165, 1.54) is 0 Å². The summed E-state index contributed by atoms with van der Waals surface area (Å²) >= 11 is 0. The smallest absolute Gasteiger partial charge is 0.314 e. The second-order valence-corrected chi connectivity index (χ2v) is 3.03. The Balaban J connectivity index is 2.27. The number of cyclic esters (lactones) is 1. The molecule has 2 nitrogen and oxygen atoms in total. The minimum atomic E-state index is -0.0486. The molecule has 0 aromatic heterocycles. The van der Waals surface area contributed by atoms with E-state index in [-0.39, 0.29) is 11.9 Å². The van der Waals surface area contributed by atoms with Crippen molar-refractivity contribution >= 4 is 5.97 Å². The van der Waals surface area contributed by atoms with Crippen molar-refractivity contribution in [3.8, 4) is 0 Å². The summed E-state index contributed by atoms with van der Waals surface area (Å²) in [4.78, 5) is 11.0. The Morgan fingerprint density at radius 2 is 2.10 bits per heavy atom. The first kappa shape index (κ1) is 5.96. The first-order valence-corrected chi connectivity index (χ1v) is 3.69. The van der Waals surface area contributed by atoms with Crippen molar-refractivity contribution in [2.24, 2.45) is 11.8 Å². The minimum Gasteiger partial charge on any atom is -0.431 e. The van der Waals surface area contributed by atoms with E-state index in [1.54, 1.807) is 0 Å². The molecule has 0 bridgehead atoms. The predicted octanol–water partition coefficient (Wildman–Crippen LogP) is 1.47. The van der Waals surface area contributed by atoms with Crippen LogP contribution in [0, 0.1) is 11.8 Å². The fourth-order valence-corrected chi connectivity index (χ4v) is 1.91. The number of hydrogen-bond acceptors (Lipinski definition) is 2. The lowest BCUT2D eigenvalue weighted by Gasteiger charge is -2.00. The van der Waals surface area contributed by atoms with E-state index in [9.17, 15) is 4.79 Å². The van der Waals surface area contributed by atoms with Gasteiger partial charge in [0.15, 0.2) is 0 Å². The zero-order valence-corrected chi connectivity index (χ0v) is 5.80. The number of esters is 1. The molecule has 0 spiro atoms. The number of rotatable bonds is 0. The SMILES string of the molecule is C=C1OC(=O)C2CCCC12. The van der Waals surface area contributed by atoms with Gasteiger partial charge < -0.3 is 4.74 Å². The predicted molar refractivity (Wildman–Crippen MR) is 36.1 cm³/mol. The lowest BCUT2D eigenvalue weighted by molar-refractivity contribution is -0.139. The van der Waals surface area contributed by atoms with Crippen LogP contribution < -0.4 is 0 Å². The molecule has 0 radical (unpaired) electrons. The molecule has 0 aromatic rings. The Morgan fingerprint density at radius 3 is 2.80 bits per heavy atom. The van der Waals surface area contributed by atoms with Gasteiger partial charge in [-0.1, -0.05) is 13.0 Å². The fourth-order valence-electron chi connectivity index (χ4n) is 1.91. The van der Waals surface area contributed by atoms with Crippen LogP contribution in [0.3, 0.4) is 0 Å². The summed E-state index contributed by atoms with van der Waals surface area (Å²) in [5.74, 6) is 1.17. The van der Waals surface area contributed by atoms with Crippen molar-refractivity contribution in [1.29, 1.82) is 0 Å². The average Bonchev–Trinajstić information content (AvgIpc) is 2.39. The highest BCUT2D eigenvalue weighted by atomic mass is 16.5. The molecule has 1 aliphatic carbocycles. The van der Waals surface area contributed by atoms with Gasteiger partial charge in [0.1, 0.15) is 5.76 Å². The lowest BCUT2D eigenvalue weighted by Crippen LogP contribution is -2.07. The van der Waals surface area contributed by atoms with Crippen LogP contribution >= 0.6 is 0 Å². The van der Waals surface area contributed by atoms with Gasteiger partial charge in [-0.3, -0.25) is 4.79 Å². The summed E-state index contributed by atoms with van der Waals surface area (Å²) < 4.78 is 4.89. The van der Waals surface area contributed by atoms with E-state index < -0.39 is 0 Å². The first-order valence-electron chi connectivity index (χ1n) is 3.69. The van der Waals surface area contributed by atoms with Gasteiger partial charge >= 0.3 is 5.97 Å². The van der Waals surface area contributed by atoms with Crippen LogP contribution in [0.2, 0.25) is 0 Å². The molecular formula is C8H10O2. The lowest BCUT2D eigenvalue weighted by atomic mass is 9.98. The van der Waals surface area contributed by atoms with Gasteiger partial charge in [-0.2, -0.15) is 0 Å². The molecule has 1 heterocycles. The summed E-state index contributed by atoms with van der Waals surface area (Å²) in [6.07, 6.45) is 3.25. The van der Waals surface area contributed by atoms with E-state index in [0.29, 0.717) is 11.7 Å². The second-order valence-electron chi connectivity index (χ2n) is 3.03. The van der Waals surface area contributed by atoms with Crippen LogP contribution in [0.15, 0.2) is 12.3 Å². The maximum absolute atomic E-state index is 11.0. The molecule has 10 heavy (non-hydrogen) atoms. The molecule has 1 aliphatic heterocycles. The summed E-state index contributed by atoms with van der Waals surface area (Å²) in [6, 6.07) is 0. The highest BCUT2D eigenvalue weighted by molar-refractivity contribution is 5.77. The quantitative estimate of drug-likeness (QED) is 0.474. The highest BCUT2D eigenvalue weighted by Crippen LogP contribution is 2.42. The van der Waals surface area contributed by atoms with E-state index in [4.69, 9.17) is 4.74 Å². The fraction of sp³-hybridized carbons (Fsp3) is 0.625. The molecule has 2 unspecified atom stereocenters. The number of carbonyl (C=O) groups excluding carboxylic acids is 1. The van der Waals surface area contributed by atoms with E-state index >= 15 is 0 Å². The molecule has 2 rings (SSSR count). The van der Waals surface area contributed by atoms with Gasteiger partial charge in [0, 0.05) is 5.92 Å². The van der Waals surface area contributed by atoms with Crippen molar-refractivity contribution in [2.45, 2.75) is 19.3 Å². The average molecular weight is 138 g/mol. The Morgan fingerprint density at radius 1 is 1.40 bits per heavy atom. The van der Waals surface area contributed by atoms with Gasteiger partial charge in [0.2, 0.25) is 0 Å². The summed E-state index contributed by atoms with van der Waals surface area (Å²) in [6.45, 7) is 3.70. The van der Waals surface area contributed by atoms with Crippen LogP contribution in [-0.2, 0) is 9.53 Å². The van der Waals surface area contributed by atoms with Crippen LogP contribution in [-0.4, -0.2) is 5.97 Å². The summed E-state index contributed by atoms with van der Waals surface area (Å²) in [5.41, 5.74) is 0. The number of fused-ring (bicyclic) bond motifs is 1. The molecule has 0 N–H and O–H groups in total. The Kier molecular flexibility index (Phi) is 1.10. The van der Waals surface area contributed by atoms with Crippen molar-refractivity contribution in [3.63, 3.8) is 0 Å². The Labute approximate surface area is 59.9 Å². The van der Waals surface area contributed by atoms with Gasteiger partial charge in [0.25, 0.3) is 0 Å². The molecule has 1 saturated heterocycles. The number of hydrogen-bond donors (Lipinski definition) is 0. The molecule has 2 atom stereocenters. The molecule has 54 valence electrons. The third-order valence-corrected chi connectivity index (χ3v) is 2.46. The second kappa shape index (κ2) is 1.84. The largest absolute Gasteiger partial charge is 0.431 e. The van der Waals surface area contributed by atoms with Crippen LogP contribution in [0.5, 0.6) is 0 Å². The topological polar surface area (TPSA) is 26.3 Å². The molecule has 2 aliphatic rings. The maximum Gasteiger partial charge on any atom is 0.314 e. The third kappa shape index (κ3) is 0.618. The van der Waals surface area contributed by atoms with Gasteiger partial charge in [0.05, 0.1) is 5.92 Å². The molecule has 2 fully saturated rings. The van der Waals surface area contributed by atoms with Crippen LogP contribution in [0.1, 0.15) is 19.3 Å². The van der Waals surface area contributed by atoms with Crippen molar-refractivity contribution < 1.29 is 9.53 Å². The van der Waals surface area contributed by atoms with Gasteiger partial charge in [-0.25, -0.2) is 0 Å². The van der Waals surface area contributed by atoms with Crippen LogP contribution in [0.25, 0.3) is 0 Å². The van der Waals surface area contributed by atoms with Crippen LogP contribution in [0.4, 0.5) is 0 Å². The molecule has 1 saturated carbocycles. The number of ether oxygens (including phenoxy) is 1. The highest BCUT2D eigenvalue weighted by Gasteiger charge is 2.42. The minimum absolute atomic E-state index is 0.0486. The van der Waals surface area contributed by atoms with Crippen molar-refractivity contribution in [2.75, 3.05) is 0 Å². The van der Waals surface area contributed by atoms with E-state index in [0.717, 1.165) is 19.3 Å². The first-order chi connectivity index (χ1) is 4.79. The Hall–Kier alpha value is -0.790. The number of allylic oxidation sites excluding steroid dienone is 1. The normalized spacial score (nSPS) is 38.0. The standard InChI is InChI=1S/C8H10O2/c1-5-6-3-2-4-7(6)8(9)10-5/h6-7H,1-4H2. The number of carbonyl (C=O) groups is 1. The summed E-state index contributed by atoms with van der Waals surface area (Å²) in [5, 5.41) is 0. The summed E-state index contributed by atoms with van der Waals surface area (Å²) in [7, 11) is 0. The van der Waals surface area contributed by atoms with Gasteiger partial charge in [-0.05, 0) is 12.8 Å². The van der Waals surface area contributed by atoms with Crippen molar-refractivity contribution in [3.05, 3.63) is 12.3 Å². The van der Waals surface area contributed by atoms with Crippen molar-refractivity contribution in [1.82, 2.24) is 0 Å². The Bertz CT molecular complexity index is 175. The molecule has 2 heteroatoms. The zero-order valence-electron chi connectivity index (χ0n) is 5.80. The van der Waals surface area contributed by atoms with Gasteiger partial charge in [-0.15, -0.1) is 0 Å². The van der Waals surface area contributed by atoms with E-state index in [1.807, 2.05) is 0 Å². The molecule has 0 aromatic carbocycles.